The van der Waals surface area contributed by atoms with E-state index in [0.717, 1.165) is 27.7 Å². The van der Waals surface area contributed by atoms with Crippen molar-refractivity contribution >= 4 is 33.4 Å². The number of benzene rings is 2. The van der Waals surface area contributed by atoms with Crippen LogP contribution in [0.2, 0.25) is 0 Å². The first-order valence-electron chi connectivity index (χ1n) is 8.85. The van der Waals surface area contributed by atoms with E-state index in [2.05, 4.69) is 28.2 Å². The third-order valence-corrected chi connectivity index (χ3v) is 5.31. The quantitative estimate of drug-likeness (QED) is 0.820. The first-order valence-corrected chi connectivity index (χ1v) is 9.64. The number of anilines is 1. The first kappa shape index (κ1) is 18.6. The molecule has 0 saturated carbocycles. The molecule has 136 valence electrons. The molecular weight excluding hydrogens is 392 g/mol. The van der Waals surface area contributed by atoms with Crippen LogP contribution in [0.5, 0.6) is 0 Å². The van der Waals surface area contributed by atoms with Gasteiger partial charge in [-0.3, -0.25) is 9.59 Å². The summed E-state index contributed by atoms with van der Waals surface area (Å²) in [6, 6.07) is 16.0. The lowest BCUT2D eigenvalue weighted by molar-refractivity contribution is -0.121. The monoisotopic (exact) mass is 414 g/mol. The number of nitrogens with zero attached hydrogens (tertiary/aromatic N) is 1. The Morgan fingerprint density at radius 2 is 1.88 bits per heavy atom. The highest BCUT2D eigenvalue weighted by molar-refractivity contribution is 9.10. The van der Waals surface area contributed by atoms with Crippen molar-refractivity contribution in [3.05, 3.63) is 64.1 Å². The number of amides is 2. The van der Waals surface area contributed by atoms with Gasteiger partial charge in [0.25, 0.3) is 0 Å². The smallest absolute Gasteiger partial charge is 0.227 e. The Morgan fingerprint density at radius 1 is 1.19 bits per heavy atom. The van der Waals surface area contributed by atoms with E-state index < -0.39 is 0 Å². The molecule has 2 amide bonds. The molecule has 1 heterocycles. The van der Waals surface area contributed by atoms with Gasteiger partial charge < -0.3 is 10.2 Å². The van der Waals surface area contributed by atoms with Gasteiger partial charge >= 0.3 is 0 Å². The van der Waals surface area contributed by atoms with Crippen LogP contribution in [0.25, 0.3) is 0 Å². The number of hydrogen-bond acceptors (Lipinski definition) is 2. The van der Waals surface area contributed by atoms with Crippen molar-refractivity contribution in [2.75, 3.05) is 11.4 Å². The largest absolute Gasteiger partial charge is 0.351 e. The van der Waals surface area contributed by atoms with Crippen molar-refractivity contribution in [2.24, 2.45) is 0 Å². The molecule has 0 saturated heterocycles. The van der Waals surface area contributed by atoms with Crippen LogP contribution >= 0.6 is 15.9 Å². The molecule has 0 radical (unpaired) electrons. The highest BCUT2D eigenvalue weighted by atomic mass is 79.9. The molecule has 0 unspecified atom stereocenters. The Morgan fingerprint density at radius 3 is 2.58 bits per heavy atom. The molecule has 4 nitrogen and oxygen atoms in total. The summed E-state index contributed by atoms with van der Waals surface area (Å²) < 4.78 is 1.03. The van der Waals surface area contributed by atoms with Crippen LogP contribution < -0.4 is 10.2 Å². The van der Waals surface area contributed by atoms with Crippen molar-refractivity contribution in [2.45, 2.75) is 38.6 Å². The van der Waals surface area contributed by atoms with Gasteiger partial charge in [0.1, 0.15) is 0 Å². The van der Waals surface area contributed by atoms with Gasteiger partial charge in [-0.15, -0.1) is 0 Å². The summed E-state index contributed by atoms with van der Waals surface area (Å²) >= 11 is 3.44. The van der Waals surface area contributed by atoms with Crippen molar-refractivity contribution < 1.29 is 9.59 Å². The third-order valence-electron chi connectivity index (χ3n) is 4.78. The summed E-state index contributed by atoms with van der Waals surface area (Å²) in [7, 11) is 0. The molecule has 2 atom stereocenters. The molecule has 0 aliphatic carbocycles. The van der Waals surface area contributed by atoms with Crippen LogP contribution in [0.1, 0.15) is 37.3 Å². The molecule has 0 spiro atoms. The minimum atomic E-state index is -0.0648. The minimum Gasteiger partial charge on any atom is -0.351 e. The maximum Gasteiger partial charge on any atom is 0.227 e. The molecule has 2 aromatic carbocycles. The normalized spacial score (nSPS) is 17.3. The number of nitrogens with one attached hydrogen (secondary N) is 1. The lowest BCUT2D eigenvalue weighted by atomic mass is 9.94. The molecule has 0 bridgehead atoms. The molecule has 3 rings (SSSR count). The maximum absolute atomic E-state index is 13.0. The summed E-state index contributed by atoms with van der Waals surface area (Å²) in [4.78, 5) is 26.3. The zero-order valence-corrected chi connectivity index (χ0v) is 16.6. The van der Waals surface area contributed by atoms with Crippen LogP contribution in [0, 0.1) is 0 Å². The minimum absolute atomic E-state index is 0.0469. The number of carbonyl (C=O) groups is 2. The third kappa shape index (κ3) is 4.33. The highest BCUT2D eigenvalue weighted by Gasteiger charge is 2.29. The predicted octanol–water partition coefficient (Wildman–Crippen LogP) is 4.04. The van der Waals surface area contributed by atoms with Gasteiger partial charge in [0, 0.05) is 30.0 Å². The van der Waals surface area contributed by atoms with Crippen molar-refractivity contribution in [3.63, 3.8) is 0 Å². The Kier molecular flexibility index (Phi) is 5.77. The van der Waals surface area contributed by atoms with E-state index in [-0.39, 0.29) is 23.8 Å². The van der Waals surface area contributed by atoms with E-state index in [1.807, 2.05) is 53.4 Å². The second-order valence-corrected chi connectivity index (χ2v) is 7.81. The fourth-order valence-electron chi connectivity index (χ4n) is 3.50. The Labute approximate surface area is 162 Å². The molecule has 1 aliphatic rings. The van der Waals surface area contributed by atoms with Gasteiger partial charge in [-0.25, -0.2) is 0 Å². The van der Waals surface area contributed by atoms with Crippen LogP contribution in [0.3, 0.4) is 0 Å². The fourth-order valence-corrected chi connectivity index (χ4v) is 3.76. The molecule has 0 aromatic heterocycles. The SMILES string of the molecule is CC(=O)N[C@H]1Cc2ccccc2N(C(=O)C[C@H](C)c2ccc(Br)cc2)C1. The molecule has 2 aromatic rings. The second kappa shape index (κ2) is 8.04. The Balaban J connectivity index is 1.78. The van der Waals surface area contributed by atoms with Crippen LogP contribution in [0.4, 0.5) is 5.69 Å². The molecule has 5 heteroatoms. The van der Waals surface area contributed by atoms with Crippen molar-refractivity contribution in [1.29, 1.82) is 0 Å². The summed E-state index contributed by atoms with van der Waals surface area (Å²) in [5, 5.41) is 2.96. The summed E-state index contributed by atoms with van der Waals surface area (Å²) in [6.45, 7) is 4.10. The Hall–Kier alpha value is -2.14. The summed E-state index contributed by atoms with van der Waals surface area (Å²) in [5.74, 6) is 0.150. The maximum atomic E-state index is 13.0. The second-order valence-electron chi connectivity index (χ2n) is 6.89. The highest BCUT2D eigenvalue weighted by Crippen LogP contribution is 2.30. The van der Waals surface area contributed by atoms with Crippen LogP contribution in [-0.2, 0) is 16.0 Å². The Bertz CT molecular complexity index is 804. The van der Waals surface area contributed by atoms with Gasteiger partial charge in [-0.05, 0) is 41.7 Å². The average molecular weight is 415 g/mol. The van der Waals surface area contributed by atoms with E-state index in [9.17, 15) is 9.59 Å². The van der Waals surface area contributed by atoms with E-state index >= 15 is 0 Å². The van der Waals surface area contributed by atoms with E-state index in [1.54, 1.807) is 0 Å². The molecule has 1 N–H and O–H groups in total. The van der Waals surface area contributed by atoms with Gasteiger partial charge in [0.15, 0.2) is 0 Å². The summed E-state index contributed by atoms with van der Waals surface area (Å²) in [5.41, 5.74) is 3.20. The molecule has 26 heavy (non-hydrogen) atoms. The number of para-hydroxylation sites is 1. The standard InChI is InChI=1S/C21H23BrN2O2/c1-14(16-7-9-18(22)10-8-16)11-21(26)24-13-19(23-15(2)25)12-17-5-3-4-6-20(17)24/h3-10,14,19H,11-13H2,1-2H3,(H,23,25)/t14-,19-/m0/s1. The number of halogens is 1. The number of hydrogen-bond donors (Lipinski definition) is 1. The average Bonchev–Trinajstić information content (AvgIpc) is 2.61. The molecule has 0 fully saturated rings. The van der Waals surface area contributed by atoms with E-state index in [1.165, 1.54) is 6.92 Å². The van der Waals surface area contributed by atoms with Crippen LogP contribution in [0.15, 0.2) is 53.0 Å². The number of fused-ring (bicyclic) bond motifs is 1. The first-order chi connectivity index (χ1) is 12.4. The van der Waals surface area contributed by atoms with Gasteiger partial charge in [-0.2, -0.15) is 0 Å². The van der Waals surface area contributed by atoms with E-state index in [0.29, 0.717) is 13.0 Å². The zero-order chi connectivity index (χ0) is 18.7. The lowest BCUT2D eigenvalue weighted by Gasteiger charge is -2.35. The predicted molar refractivity (Wildman–Crippen MR) is 107 cm³/mol. The lowest BCUT2D eigenvalue weighted by Crippen LogP contribution is -2.50. The van der Waals surface area contributed by atoms with Gasteiger partial charge in [0.05, 0.1) is 6.04 Å². The van der Waals surface area contributed by atoms with Crippen molar-refractivity contribution in [3.8, 4) is 0 Å². The molecular formula is C21H23BrN2O2. The van der Waals surface area contributed by atoms with Gasteiger partial charge in [0.2, 0.25) is 11.8 Å². The topological polar surface area (TPSA) is 49.4 Å². The van der Waals surface area contributed by atoms with E-state index in [4.69, 9.17) is 0 Å². The fraction of sp³-hybridized carbons (Fsp3) is 0.333. The van der Waals surface area contributed by atoms with Gasteiger partial charge in [-0.1, -0.05) is 53.2 Å². The number of carbonyl (C=O) groups excluding carboxylic acids is 2. The summed E-state index contributed by atoms with van der Waals surface area (Å²) in [6.07, 6.45) is 1.19. The van der Waals surface area contributed by atoms with Crippen LogP contribution in [-0.4, -0.2) is 24.4 Å². The van der Waals surface area contributed by atoms with Crippen molar-refractivity contribution in [1.82, 2.24) is 5.32 Å². The zero-order valence-electron chi connectivity index (χ0n) is 15.0. The molecule has 1 aliphatic heterocycles. The number of rotatable bonds is 4.